The predicted molar refractivity (Wildman–Crippen MR) is 57.4 cm³/mol. The lowest BCUT2D eigenvalue weighted by Crippen LogP contribution is -2.49. The molecule has 0 heterocycles. The summed E-state index contributed by atoms with van der Waals surface area (Å²) < 4.78 is 4.79. The first-order chi connectivity index (χ1) is 7.23. The van der Waals surface area contributed by atoms with Gasteiger partial charge in [0.25, 0.3) is 6.47 Å². The van der Waals surface area contributed by atoms with Gasteiger partial charge >= 0.3 is 0 Å². The van der Waals surface area contributed by atoms with Gasteiger partial charge in [0.05, 0.1) is 5.54 Å². The topological polar surface area (TPSA) is 52.3 Å². The van der Waals surface area contributed by atoms with Crippen molar-refractivity contribution in [3.05, 3.63) is 35.4 Å². The summed E-state index contributed by atoms with van der Waals surface area (Å²) in [5, 5.41) is 0. The van der Waals surface area contributed by atoms with E-state index in [-0.39, 0.29) is 5.54 Å². The van der Waals surface area contributed by atoms with E-state index in [1.54, 1.807) is 0 Å². The van der Waals surface area contributed by atoms with Crippen molar-refractivity contribution in [1.82, 2.24) is 0 Å². The first-order valence-electron chi connectivity index (χ1n) is 5.14. The third-order valence-corrected chi connectivity index (χ3v) is 2.99. The summed E-state index contributed by atoms with van der Waals surface area (Å²) in [5.41, 5.74) is 8.44. The Morgan fingerprint density at radius 2 is 2.13 bits per heavy atom. The molecule has 2 rings (SSSR count). The molecule has 15 heavy (non-hydrogen) atoms. The van der Waals surface area contributed by atoms with Gasteiger partial charge in [-0.25, -0.2) is 0 Å². The van der Waals surface area contributed by atoms with Gasteiger partial charge < -0.3 is 10.5 Å². The highest BCUT2D eigenvalue weighted by atomic mass is 16.5. The SMILES string of the molecule is NC1(COC=O)CCc2ccccc2C1. The number of nitrogens with two attached hydrogens (primary N) is 1. The smallest absolute Gasteiger partial charge is 0.293 e. The molecule has 0 radical (unpaired) electrons. The lowest BCUT2D eigenvalue weighted by molar-refractivity contribution is -0.130. The molecule has 1 atom stereocenters. The number of hydrogen-bond donors (Lipinski definition) is 1. The van der Waals surface area contributed by atoms with Gasteiger partial charge in [0, 0.05) is 0 Å². The Bertz CT molecular complexity index is 364. The molecule has 0 bridgehead atoms. The van der Waals surface area contributed by atoms with Crippen molar-refractivity contribution in [2.24, 2.45) is 5.73 Å². The van der Waals surface area contributed by atoms with E-state index in [1.165, 1.54) is 11.1 Å². The fourth-order valence-electron chi connectivity index (χ4n) is 2.15. The summed E-state index contributed by atoms with van der Waals surface area (Å²) in [6.45, 7) is 0.778. The third-order valence-electron chi connectivity index (χ3n) is 2.99. The highest BCUT2D eigenvalue weighted by Crippen LogP contribution is 2.26. The Kier molecular flexibility index (Phi) is 2.73. The average molecular weight is 205 g/mol. The highest BCUT2D eigenvalue weighted by molar-refractivity contribution is 5.38. The largest absolute Gasteiger partial charge is 0.466 e. The Labute approximate surface area is 89.2 Å². The minimum Gasteiger partial charge on any atom is -0.466 e. The maximum absolute atomic E-state index is 10.2. The van der Waals surface area contributed by atoms with Gasteiger partial charge in [-0.15, -0.1) is 0 Å². The molecule has 1 aliphatic carbocycles. The highest BCUT2D eigenvalue weighted by Gasteiger charge is 2.30. The Morgan fingerprint density at radius 3 is 2.87 bits per heavy atom. The predicted octanol–water partition coefficient (Wildman–Crippen LogP) is 1.05. The summed E-state index contributed by atoms with van der Waals surface area (Å²) in [6.07, 6.45) is 2.63. The summed E-state index contributed by atoms with van der Waals surface area (Å²) in [6, 6.07) is 8.29. The molecule has 0 amide bonds. The van der Waals surface area contributed by atoms with Crippen molar-refractivity contribution in [2.45, 2.75) is 24.8 Å². The molecule has 2 N–H and O–H groups in total. The summed E-state index contributed by atoms with van der Waals surface area (Å²) in [5.74, 6) is 0. The molecule has 0 aliphatic heterocycles. The second-order valence-corrected chi connectivity index (χ2v) is 4.22. The molecule has 1 aromatic rings. The van der Waals surface area contributed by atoms with Crippen molar-refractivity contribution in [3.8, 4) is 0 Å². The van der Waals surface area contributed by atoms with Crippen LogP contribution in [-0.2, 0) is 22.4 Å². The van der Waals surface area contributed by atoms with E-state index in [9.17, 15) is 4.79 Å². The fourth-order valence-corrected chi connectivity index (χ4v) is 2.15. The first kappa shape index (κ1) is 10.2. The van der Waals surface area contributed by atoms with Crippen molar-refractivity contribution in [1.29, 1.82) is 0 Å². The van der Waals surface area contributed by atoms with Crippen LogP contribution in [0.25, 0.3) is 0 Å². The molecule has 0 aromatic heterocycles. The van der Waals surface area contributed by atoms with Crippen LogP contribution in [0.5, 0.6) is 0 Å². The molecule has 0 saturated heterocycles. The maximum atomic E-state index is 10.2. The maximum Gasteiger partial charge on any atom is 0.293 e. The Hall–Kier alpha value is -1.35. The van der Waals surface area contributed by atoms with Gasteiger partial charge in [-0.3, -0.25) is 4.79 Å². The first-order valence-corrected chi connectivity index (χ1v) is 5.14. The average Bonchev–Trinajstić information content (AvgIpc) is 2.26. The van der Waals surface area contributed by atoms with E-state index >= 15 is 0 Å². The molecule has 0 spiro atoms. The van der Waals surface area contributed by atoms with Gasteiger partial charge in [0.1, 0.15) is 6.61 Å². The summed E-state index contributed by atoms with van der Waals surface area (Å²) in [4.78, 5) is 10.2. The Morgan fingerprint density at radius 1 is 1.40 bits per heavy atom. The van der Waals surface area contributed by atoms with E-state index in [0.29, 0.717) is 13.1 Å². The quantitative estimate of drug-likeness (QED) is 0.750. The van der Waals surface area contributed by atoms with E-state index in [4.69, 9.17) is 10.5 Å². The van der Waals surface area contributed by atoms with Crippen LogP contribution in [-0.4, -0.2) is 18.6 Å². The van der Waals surface area contributed by atoms with Crippen LogP contribution in [0.2, 0.25) is 0 Å². The molecule has 0 fully saturated rings. The van der Waals surface area contributed by atoms with Crippen molar-refractivity contribution in [3.63, 3.8) is 0 Å². The van der Waals surface area contributed by atoms with Crippen LogP contribution in [0.3, 0.4) is 0 Å². The van der Waals surface area contributed by atoms with E-state index in [1.807, 2.05) is 12.1 Å². The second kappa shape index (κ2) is 4.03. The van der Waals surface area contributed by atoms with Crippen LogP contribution in [0.4, 0.5) is 0 Å². The fraction of sp³-hybridized carbons (Fsp3) is 0.417. The molecular formula is C12H15NO2. The summed E-state index contributed by atoms with van der Waals surface area (Å²) >= 11 is 0. The number of ether oxygens (including phenoxy) is 1. The molecule has 0 saturated carbocycles. The number of benzene rings is 1. The lowest BCUT2D eigenvalue weighted by atomic mass is 9.79. The van der Waals surface area contributed by atoms with Gasteiger partial charge in [0.2, 0.25) is 0 Å². The van der Waals surface area contributed by atoms with Crippen LogP contribution < -0.4 is 5.73 Å². The molecule has 1 aromatic carbocycles. The molecule has 3 heteroatoms. The molecule has 1 unspecified atom stereocenters. The zero-order valence-corrected chi connectivity index (χ0v) is 8.61. The van der Waals surface area contributed by atoms with Gasteiger partial charge in [-0.05, 0) is 30.4 Å². The molecular weight excluding hydrogens is 190 g/mol. The lowest BCUT2D eigenvalue weighted by Gasteiger charge is -2.33. The number of hydrogen-bond acceptors (Lipinski definition) is 3. The van der Waals surface area contributed by atoms with Gasteiger partial charge in [-0.1, -0.05) is 24.3 Å². The zero-order chi connectivity index (χ0) is 10.7. The Balaban J connectivity index is 2.13. The number of fused-ring (bicyclic) bond motifs is 1. The normalized spacial score (nSPS) is 24.3. The van der Waals surface area contributed by atoms with Gasteiger partial charge in [0.15, 0.2) is 0 Å². The van der Waals surface area contributed by atoms with E-state index in [0.717, 1.165) is 19.3 Å². The van der Waals surface area contributed by atoms with Crippen LogP contribution in [0.1, 0.15) is 17.5 Å². The number of carbonyl (C=O) groups excluding carboxylic acids is 1. The van der Waals surface area contributed by atoms with Crippen molar-refractivity contribution >= 4 is 6.47 Å². The number of rotatable bonds is 3. The van der Waals surface area contributed by atoms with Crippen LogP contribution >= 0.6 is 0 Å². The number of aryl methyl sites for hydroxylation is 1. The standard InChI is InChI=1S/C12H15NO2/c13-12(8-15-9-14)6-5-10-3-1-2-4-11(10)7-12/h1-4,9H,5-8,13H2. The van der Waals surface area contributed by atoms with E-state index in [2.05, 4.69) is 12.1 Å². The third kappa shape index (κ3) is 2.18. The minimum atomic E-state index is -0.380. The van der Waals surface area contributed by atoms with Crippen LogP contribution in [0.15, 0.2) is 24.3 Å². The van der Waals surface area contributed by atoms with Crippen LogP contribution in [0, 0.1) is 0 Å². The van der Waals surface area contributed by atoms with E-state index < -0.39 is 0 Å². The monoisotopic (exact) mass is 205 g/mol. The molecule has 80 valence electrons. The van der Waals surface area contributed by atoms with Crippen molar-refractivity contribution < 1.29 is 9.53 Å². The second-order valence-electron chi connectivity index (χ2n) is 4.22. The minimum absolute atomic E-state index is 0.310. The van der Waals surface area contributed by atoms with Gasteiger partial charge in [-0.2, -0.15) is 0 Å². The molecule has 3 nitrogen and oxygen atoms in total. The number of carbonyl (C=O) groups is 1. The zero-order valence-electron chi connectivity index (χ0n) is 8.61. The molecule has 1 aliphatic rings. The van der Waals surface area contributed by atoms with Crippen molar-refractivity contribution in [2.75, 3.05) is 6.61 Å². The summed E-state index contributed by atoms with van der Waals surface area (Å²) in [7, 11) is 0.